The van der Waals surface area contributed by atoms with E-state index in [0.29, 0.717) is 11.3 Å². The van der Waals surface area contributed by atoms with Gasteiger partial charge in [0.15, 0.2) is 0 Å². The van der Waals surface area contributed by atoms with Crippen LogP contribution in [0.25, 0.3) is 0 Å². The summed E-state index contributed by atoms with van der Waals surface area (Å²) >= 11 is 2.14. The van der Waals surface area contributed by atoms with E-state index < -0.39 is 15.6 Å². The summed E-state index contributed by atoms with van der Waals surface area (Å²) in [6.07, 6.45) is 0. The zero-order valence-corrected chi connectivity index (χ0v) is 16.6. The molecular formula is C17H19IN2O3S. The van der Waals surface area contributed by atoms with Gasteiger partial charge in [-0.15, -0.1) is 0 Å². The molecule has 2 rings (SSSR count). The molecular weight excluding hydrogens is 439 g/mol. The molecule has 0 saturated heterocycles. The third-order valence-corrected chi connectivity index (χ3v) is 5.39. The lowest BCUT2D eigenvalue weighted by atomic mass is 10.1. The minimum atomic E-state index is -3.58. The van der Waals surface area contributed by atoms with Crippen molar-refractivity contribution < 1.29 is 13.2 Å². The second kappa shape index (κ2) is 7.20. The summed E-state index contributed by atoms with van der Waals surface area (Å²) in [5.41, 5.74) is 0.525. The molecule has 0 heterocycles. The summed E-state index contributed by atoms with van der Waals surface area (Å²) in [4.78, 5) is 12.3. The van der Waals surface area contributed by atoms with Crippen molar-refractivity contribution in [1.82, 2.24) is 4.72 Å². The molecule has 1 amide bonds. The van der Waals surface area contributed by atoms with E-state index in [0.717, 1.165) is 3.57 Å². The highest BCUT2D eigenvalue weighted by Crippen LogP contribution is 2.17. The average Bonchev–Trinajstić information content (AvgIpc) is 2.45. The van der Waals surface area contributed by atoms with Crippen LogP contribution in [0.4, 0.5) is 5.69 Å². The predicted octanol–water partition coefficient (Wildman–Crippen LogP) is 3.62. The molecule has 2 aromatic rings. The molecule has 0 atom stereocenters. The lowest BCUT2D eigenvalue weighted by molar-refractivity contribution is 0.102. The Hall–Kier alpha value is -1.45. The summed E-state index contributed by atoms with van der Waals surface area (Å²) in [7, 11) is -3.58. The Labute approximate surface area is 156 Å². The molecule has 7 heteroatoms. The summed E-state index contributed by atoms with van der Waals surface area (Å²) < 4.78 is 28.0. The highest BCUT2D eigenvalue weighted by atomic mass is 127. The van der Waals surface area contributed by atoms with Crippen molar-refractivity contribution in [3.8, 4) is 0 Å². The SMILES string of the molecule is CC(C)(C)NS(=O)(=O)c1ccc(NC(=O)c2cccc(I)c2)cc1. The summed E-state index contributed by atoms with van der Waals surface area (Å²) in [5.74, 6) is -0.239. The maximum absolute atomic E-state index is 12.2. The largest absolute Gasteiger partial charge is 0.322 e. The first-order valence-electron chi connectivity index (χ1n) is 7.28. The number of hydrogen-bond acceptors (Lipinski definition) is 3. The molecule has 0 fully saturated rings. The molecule has 0 spiro atoms. The minimum Gasteiger partial charge on any atom is -0.322 e. The number of nitrogens with one attached hydrogen (secondary N) is 2. The monoisotopic (exact) mass is 458 g/mol. The van der Waals surface area contributed by atoms with Crippen molar-refractivity contribution >= 4 is 44.2 Å². The predicted molar refractivity (Wildman–Crippen MR) is 104 cm³/mol. The van der Waals surface area contributed by atoms with Gasteiger partial charge in [0, 0.05) is 20.4 Å². The maximum atomic E-state index is 12.2. The molecule has 0 saturated carbocycles. The first-order chi connectivity index (χ1) is 11.1. The molecule has 5 nitrogen and oxygen atoms in total. The Balaban J connectivity index is 2.14. The molecule has 0 unspecified atom stereocenters. The van der Waals surface area contributed by atoms with Gasteiger partial charge in [-0.3, -0.25) is 4.79 Å². The first-order valence-corrected chi connectivity index (χ1v) is 9.84. The lowest BCUT2D eigenvalue weighted by Crippen LogP contribution is -2.40. The van der Waals surface area contributed by atoms with Crippen LogP contribution in [0.1, 0.15) is 31.1 Å². The zero-order chi connectivity index (χ0) is 18.0. The van der Waals surface area contributed by atoms with E-state index in [-0.39, 0.29) is 10.8 Å². The maximum Gasteiger partial charge on any atom is 0.255 e. The van der Waals surface area contributed by atoms with Crippen LogP contribution >= 0.6 is 22.6 Å². The van der Waals surface area contributed by atoms with Crippen molar-refractivity contribution in [3.63, 3.8) is 0 Å². The second-order valence-corrected chi connectivity index (χ2v) is 9.27. The van der Waals surface area contributed by atoms with Gasteiger partial charge in [-0.05, 0) is 85.8 Å². The number of halogens is 1. The third kappa shape index (κ3) is 5.29. The van der Waals surface area contributed by atoms with Crippen molar-refractivity contribution in [2.75, 3.05) is 5.32 Å². The van der Waals surface area contributed by atoms with E-state index in [1.54, 1.807) is 45.0 Å². The number of amides is 1. The Bertz CT molecular complexity index is 841. The Kier molecular flexibility index (Phi) is 5.67. The molecule has 128 valence electrons. The number of hydrogen-bond donors (Lipinski definition) is 2. The Morgan fingerprint density at radius 1 is 1.04 bits per heavy atom. The van der Waals surface area contributed by atoms with E-state index >= 15 is 0 Å². The molecule has 0 aliphatic carbocycles. The van der Waals surface area contributed by atoms with Gasteiger partial charge in [-0.1, -0.05) is 6.07 Å². The molecule has 0 aliphatic heterocycles. The molecule has 2 aromatic carbocycles. The standard InChI is InChI=1S/C17H19IN2O3S/c1-17(2,3)20-24(22,23)15-9-7-14(8-10-15)19-16(21)12-5-4-6-13(18)11-12/h4-11,20H,1-3H3,(H,19,21). The van der Waals surface area contributed by atoms with E-state index in [1.165, 1.54) is 12.1 Å². The van der Waals surface area contributed by atoms with Crippen LogP contribution in [0.5, 0.6) is 0 Å². The van der Waals surface area contributed by atoms with Gasteiger partial charge < -0.3 is 5.32 Å². The van der Waals surface area contributed by atoms with Gasteiger partial charge >= 0.3 is 0 Å². The Morgan fingerprint density at radius 3 is 2.21 bits per heavy atom. The van der Waals surface area contributed by atoms with Crippen molar-refractivity contribution in [1.29, 1.82) is 0 Å². The van der Waals surface area contributed by atoms with Gasteiger partial charge in [0.05, 0.1) is 4.90 Å². The molecule has 0 radical (unpaired) electrons. The van der Waals surface area contributed by atoms with Crippen LogP contribution in [0.15, 0.2) is 53.4 Å². The van der Waals surface area contributed by atoms with Gasteiger partial charge in [-0.25, -0.2) is 13.1 Å². The van der Waals surface area contributed by atoms with Crippen molar-refractivity contribution in [2.45, 2.75) is 31.2 Å². The molecule has 24 heavy (non-hydrogen) atoms. The van der Waals surface area contributed by atoms with Gasteiger partial charge in [0.25, 0.3) is 5.91 Å². The van der Waals surface area contributed by atoms with Crippen molar-refractivity contribution in [2.24, 2.45) is 0 Å². The average molecular weight is 458 g/mol. The summed E-state index contributed by atoms with van der Waals surface area (Å²) in [5, 5.41) is 2.75. The number of benzene rings is 2. The van der Waals surface area contributed by atoms with Crippen LogP contribution in [0.3, 0.4) is 0 Å². The van der Waals surface area contributed by atoms with Crippen LogP contribution < -0.4 is 10.0 Å². The highest BCUT2D eigenvalue weighted by molar-refractivity contribution is 14.1. The molecule has 2 N–H and O–H groups in total. The van der Waals surface area contributed by atoms with Crippen LogP contribution in [0, 0.1) is 3.57 Å². The summed E-state index contributed by atoms with van der Waals surface area (Å²) in [6, 6.07) is 13.3. The van der Waals surface area contributed by atoms with E-state index in [4.69, 9.17) is 0 Å². The van der Waals surface area contributed by atoms with Crippen molar-refractivity contribution in [3.05, 3.63) is 57.7 Å². The quantitative estimate of drug-likeness (QED) is 0.688. The highest BCUT2D eigenvalue weighted by Gasteiger charge is 2.21. The lowest BCUT2D eigenvalue weighted by Gasteiger charge is -2.20. The molecule has 0 aliphatic rings. The molecule has 0 aromatic heterocycles. The fraction of sp³-hybridized carbons (Fsp3) is 0.235. The number of carbonyl (C=O) groups excluding carboxylic acids is 1. The van der Waals surface area contributed by atoms with Gasteiger partial charge in [0.2, 0.25) is 10.0 Å². The van der Waals surface area contributed by atoms with E-state index in [2.05, 4.69) is 32.6 Å². The minimum absolute atomic E-state index is 0.157. The number of anilines is 1. The van der Waals surface area contributed by atoms with Gasteiger partial charge in [0.1, 0.15) is 0 Å². The fourth-order valence-corrected chi connectivity index (χ4v) is 3.97. The topological polar surface area (TPSA) is 75.3 Å². The van der Waals surface area contributed by atoms with E-state index in [1.807, 2.05) is 12.1 Å². The van der Waals surface area contributed by atoms with Crippen LogP contribution in [0.2, 0.25) is 0 Å². The normalized spacial score (nSPS) is 12.0. The van der Waals surface area contributed by atoms with Crippen LogP contribution in [-0.2, 0) is 10.0 Å². The number of sulfonamides is 1. The second-order valence-electron chi connectivity index (χ2n) is 6.34. The zero-order valence-electron chi connectivity index (χ0n) is 13.6. The smallest absolute Gasteiger partial charge is 0.255 e. The summed E-state index contributed by atoms with van der Waals surface area (Å²) in [6.45, 7) is 5.33. The van der Waals surface area contributed by atoms with Crippen LogP contribution in [-0.4, -0.2) is 19.9 Å². The van der Waals surface area contributed by atoms with E-state index in [9.17, 15) is 13.2 Å². The number of rotatable bonds is 4. The number of carbonyl (C=O) groups is 1. The molecule has 0 bridgehead atoms. The first kappa shape index (κ1) is 18.9. The Morgan fingerprint density at radius 2 is 1.67 bits per heavy atom. The fourth-order valence-electron chi connectivity index (χ4n) is 2.01. The van der Waals surface area contributed by atoms with Gasteiger partial charge in [-0.2, -0.15) is 0 Å². The third-order valence-electron chi connectivity index (χ3n) is 2.95.